The van der Waals surface area contributed by atoms with Gasteiger partial charge in [0.2, 0.25) is 0 Å². The van der Waals surface area contributed by atoms with Gasteiger partial charge < -0.3 is 5.73 Å². The molecule has 0 amide bonds. The van der Waals surface area contributed by atoms with Crippen LogP contribution in [0.4, 0.5) is 0 Å². The highest BCUT2D eigenvalue weighted by Gasteiger charge is 2.10. The number of benzene rings is 1. The van der Waals surface area contributed by atoms with E-state index in [9.17, 15) is 0 Å². The van der Waals surface area contributed by atoms with Crippen molar-refractivity contribution in [2.24, 2.45) is 11.7 Å². The van der Waals surface area contributed by atoms with Crippen LogP contribution in [0.2, 0.25) is 0 Å². The first-order valence-electron chi connectivity index (χ1n) is 4.61. The zero-order valence-electron chi connectivity index (χ0n) is 8.53. The standard InChI is InChI=1S/C11H16IN.ClH/c1-8(2)7-11(13)9-5-3-4-6-10(9)12;/h3-6,8,11H,7,13H2,1-2H3;1H/t11-;/m0./s1. The van der Waals surface area contributed by atoms with Crippen molar-refractivity contribution in [1.29, 1.82) is 0 Å². The molecule has 0 spiro atoms. The lowest BCUT2D eigenvalue weighted by Gasteiger charge is -2.15. The molecule has 1 aromatic carbocycles. The van der Waals surface area contributed by atoms with Crippen molar-refractivity contribution < 1.29 is 0 Å². The van der Waals surface area contributed by atoms with Gasteiger partial charge in [0.1, 0.15) is 0 Å². The number of rotatable bonds is 3. The maximum atomic E-state index is 6.09. The number of halogens is 2. The van der Waals surface area contributed by atoms with Crippen LogP contribution in [-0.4, -0.2) is 0 Å². The number of nitrogens with two attached hydrogens (primary N) is 1. The molecule has 0 fully saturated rings. The molecular formula is C11H17ClIN. The highest BCUT2D eigenvalue weighted by atomic mass is 127. The predicted octanol–water partition coefficient (Wildman–Crippen LogP) is 3.76. The molecule has 1 aromatic rings. The van der Waals surface area contributed by atoms with Gasteiger partial charge in [-0.2, -0.15) is 0 Å². The molecule has 0 unspecified atom stereocenters. The fourth-order valence-corrected chi connectivity index (χ4v) is 2.20. The second kappa shape index (κ2) is 6.64. The third-order valence-corrected chi connectivity index (χ3v) is 3.01. The van der Waals surface area contributed by atoms with Crippen molar-refractivity contribution in [3.05, 3.63) is 33.4 Å². The molecule has 1 nitrogen and oxygen atoms in total. The number of hydrogen-bond donors (Lipinski definition) is 1. The molecule has 1 atom stereocenters. The summed E-state index contributed by atoms with van der Waals surface area (Å²) in [5.74, 6) is 0.658. The van der Waals surface area contributed by atoms with E-state index in [4.69, 9.17) is 5.73 Å². The lowest BCUT2D eigenvalue weighted by molar-refractivity contribution is 0.509. The summed E-state index contributed by atoms with van der Waals surface area (Å²) in [6.45, 7) is 4.41. The predicted molar refractivity (Wildman–Crippen MR) is 72.8 cm³/mol. The molecule has 2 N–H and O–H groups in total. The average molecular weight is 326 g/mol. The Bertz CT molecular complexity index is 276. The first kappa shape index (κ1) is 14.2. The lowest BCUT2D eigenvalue weighted by atomic mass is 9.98. The van der Waals surface area contributed by atoms with Gasteiger partial charge in [-0.25, -0.2) is 0 Å². The molecule has 14 heavy (non-hydrogen) atoms. The fourth-order valence-electron chi connectivity index (χ4n) is 1.41. The van der Waals surface area contributed by atoms with Crippen LogP contribution in [0.5, 0.6) is 0 Å². The van der Waals surface area contributed by atoms with E-state index in [1.54, 1.807) is 0 Å². The Morgan fingerprint density at radius 1 is 1.29 bits per heavy atom. The highest BCUT2D eigenvalue weighted by molar-refractivity contribution is 14.1. The molecule has 0 heterocycles. The minimum Gasteiger partial charge on any atom is -0.324 e. The van der Waals surface area contributed by atoms with Gasteiger partial charge in [-0.05, 0) is 46.6 Å². The fraction of sp³-hybridized carbons (Fsp3) is 0.455. The third kappa shape index (κ3) is 4.15. The van der Waals surface area contributed by atoms with E-state index >= 15 is 0 Å². The van der Waals surface area contributed by atoms with Crippen LogP contribution >= 0.6 is 35.0 Å². The van der Waals surface area contributed by atoms with Crippen molar-refractivity contribution in [3.8, 4) is 0 Å². The summed E-state index contributed by atoms with van der Waals surface area (Å²) in [5.41, 5.74) is 7.37. The second-order valence-electron chi connectivity index (χ2n) is 3.76. The topological polar surface area (TPSA) is 26.0 Å². The second-order valence-corrected chi connectivity index (χ2v) is 4.92. The van der Waals surface area contributed by atoms with E-state index in [0.29, 0.717) is 5.92 Å². The Labute approximate surface area is 106 Å². The maximum Gasteiger partial charge on any atom is 0.0307 e. The van der Waals surface area contributed by atoms with Crippen LogP contribution < -0.4 is 5.73 Å². The molecule has 0 aliphatic rings. The van der Waals surface area contributed by atoms with Crippen LogP contribution in [0.3, 0.4) is 0 Å². The van der Waals surface area contributed by atoms with E-state index in [1.165, 1.54) is 9.13 Å². The quantitative estimate of drug-likeness (QED) is 0.841. The van der Waals surface area contributed by atoms with E-state index < -0.39 is 0 Å². The Hall–Kier alpha value is 0.200. The van der Waals surface area contributed by atoms with Gasteiger partial charge in [0.15, 0.2) is 0 Å². The number of hydrogen-bond acceptors (Lipinski definition) is 1. The van der Waals surface area contributed by atoms with Crippen LogP contribution in [0, 0.1) is 9.49 Å². The Morgan fingerprint density at radius 2 is 1.86 bits per heavy atom. The van der Waals surface area contributed by atoms with E-state index in [-0.39, 0.29) is 18.4 Å². The van der Waals surface area contributed by atoms with Gasteiger partial charge in [0, 0.05) is 9.61 Å². The molecule has 0 aliphatic heterocycles. The SMILES string of the molecule is CC(C)C[C@H](N)c1ccccc1I.Cl. The molecule has 0 saturated heterocycles. The largest absolute Gasteiger partial charge is 0.324 e. The maximum absolute atomic E-state index is 6.09. The monoisotopic (exact) mass is 325 g/mol. The van der Waals surface area contributed by atoms with Gasteiger partial charge in [-0.15, -0.1) is 12.4 Å². The molecule has 0 radical (unpaired) electrons. The Kier molecular flexibility index (Phi) is 6.74. The average Bonchev–Trinajstić information content (AvgIpc) is 2.03. The highest BCUT2D eigenvalue weighted by Crippen LogP contribution is 2.22. The Morgan fingerprint density at radius 3 is 2.36 bits per heavy atom. The first-order chi connectivity index (χ1) is 6.11. The summed E-state index contributed by atoms with van der Waals surface area (Å²) in [6, 6.07) is 8.52. The van der Waals surface area contributed by atoms with E-state index in [0.717, 1.165) is 6.42 Å². The van der Waals surface area contributed by atoms with Gasteiger partial charge >= 0.3 is 0 Å². The van der Waals surface area contributed by atoms with E-state index in [1.807, 2.05) is 6.07 Å². The van der Waals surface area contributed by atoms with E-state index in [2.05, 4.69) is 54.6 Å². The van der Waals surface area contributed by atoms with Crippen LogP contribution in [0.15, 0.2) is 24.3 Å². The third-order valence-electron chi connectivity index (χ3n) is 2.03. The summed E-state index contributed by atoms with van der Waals surface area (Å²) in [7, 11) is 0. The molecule has 0 saturated carbocycles. The molecule has 0 bridgehead atoms. The summed E-state index contributed by atoms with van der Waals surface area (Å²) >= 11 is 2.34. The van der Waals surface area contributed by atoms with Gasteiger partial charge in [-0.1, -0.05) is 32.0 Å². The van der Waals surface area contributed by atoms with Crippen molar-refractivity contribution in [1.82, 2.24) is 0 Å². The molecule has 1 rings (SSSR count). The molecule has 0 aliphatic carbocycles. The zero-order chi connectivity index (χ0) is 9.84. The first-order valence-corrected chi connectivity index (χ1v) is 5.69. The summed E-state index contributed by atoms with van der Waals surface area (Å²) in [4.78, 5) is 0. The smallest absolute Gasteiger partial charge is 0.0307 e. The van der Waals surface area contributed by atoms with Gasteiger partial charge in [0.25, 0.3) is 0 Å². The normalized spacial score (nSPS) is 12.4. The molecule has 0 aromatic heterocycles. The Balaban J connectivity index is 0.00000169. The summed E-state index contributed by atoms with van der Waals surface area (Å²) in [6.07, 6.45) is 1.06. The van der Waals surface area contributed by atoms with Gasteiger partial charge in [0.05, 0.1) is 0 Å². The van der Waals surface area contributed by atoms with Crippen molar-refractivity contribution in [3.63, 3.8) is 0 Å². The van der Waals surface area contributed by atoms with Crippen LogP contribution in [0.25, 0.3) is 0 Å². The van der Waals surface area contributed by atoms with Crippen LogP contribution in [0.1, 0.15) is 31.9 Å². The molecular weight excluding hydrogens is 308 g/mol. The van der Waals surface area contributed by atoms with Crippen LogP contribution in [-0.2, 0) is 0 Å². The minimum absolute atomic E-state index is 0. The van der Waals surface area contributed by atoms with Gasteiger partial charge in [-0.3, -0.25) is 0 Å². The van der Waals surface area contributed by atoms with Crippen molar-refractivity contribution >= 4 is 35.0 Å². The molecule has 3 heteroatoms. The van der Waals surface area contributed by atoms with Crippen molar-refractivity contribution in [2.45, 2.75) is 26.3 Å². The molecule has 80 valence electrons. The van der Waals surface area contributed by atoms with Crippen molar-refractivity contribution in [2.75, 3.05) is 0 Å². The summed E-state index contributed by atoms with van der Waals surface area (Å²) < 4.78 is 1.27. The summed E-state index contributed by atoms with van der Waals surface area (Å²) in [5, 5.41) is 0. The zero-order valence-corrected chi connectivity index (χ0v) is 11.5. The minimum atomic E-state index is 0. The lowest BCUT2D eigenvalue weighted by Crippen LogP contribution is -2.14.